The Bertz CT molecular complexity index is 249. The number of carbonyl (C=O) groups excluding carboxylic acids is 1. The van der Waals surface area contributed by atoms with Gasteiger partial charge in [0.05, 0.1) is 6.04 Å². The maximum absolute atomic E-state index is 11.7. The first-order valence-corrected chi connectivity index (χ1v) is 6.61. The third kappa shape index (κ3) is 1.73. The Kier molecular flexibility index (Phi) is 2.55. The fraction of sp³-hybridized carbons (Fsp3) is 0.923. The number of hydrogen-bond acceptors (Lipinski definition) is 2. The Morgan fingerprint density at radius 3 is 2.13 bits per heavy atom. The first-order chi connectivity index (χ1) is 7.34. The third-order valence-electron chi connectivity index (χ3n) is 4.72. The van der Waals surface area contributed by atoms with Gasteiger partial charge in [-0.1, -0.05) is 12.8 Å². The highest BCUT2D eigenvalue weighted by molar-refractivity contribution is 5.85. The van der Waals surface area contributed by atoms with Gasteiger partial charge in [-0.25, -0.2) is 0 Å². The molecule has 0 aromatic heterocycles. The SMILES string of the molecule is O=C1CCCC1N1CC2CCCCC2C1. The Hall–Kier alpha value is -0.370. The lowest BCUT2D eigenvalue weighted by Gasteiger charge is -2.23. The summed E-state index contributed by atoms with van der Waals surface area (Å²) in [5, 5.41) is 0. The van der Waals surface area contributed by atoms with Gasteiger partial charge in [0.1, 0.15) is 5.78 Å². The first-order valence-electron chi connectivity index (χ1n) is 6.61. The van der Waals surface area contributed by atoms with Crippen molar-refractivity contribution in [3.05, 3.63) is 0 Å². The molecule has 84 valence electrons. The van der Waals surface area contributed by atoms with Crippen LogP contribution in [0.1, 0.15) is 44.9 Å². The van der Waals surface area contributed by atoms with E-state index in [4.69, 9.17) is 0 Å². The van der Waals surface area contributed by atoms with Gasteiger partial charge in [0, 0.05) is 19.5 Å². The molecule has 3 rings (SSSR count). The van der Waals surface area contributed by atoms with Crippen molar-refractivity contribution >= 4 is 5.78 Å². The van der Waals surface area contributed by atoms with Crippen LogP contribution >= 0.6 is 0 Å². The molecule has 2 aliphatic carbocycles. The van der Waals surface area contributed by atoms with Crippen molar-refractivity contribution in [2.75, 3.05) is 13.1 Å². The third-order valence-corrected chi connectivity index (χ3v) is 4.72. The quantitative estimate of drug-likeness (QED) is 0.657. The Morgan fingerprint density at radius 2 is 1.60 bits per heavy atom. The van der Waals surface area contributed by atoms with Crippen LogP contribution in [-0.2, 0) is 4.79 Å². The average molecular weight is 207 g/mol. The largest absolute Gasteiger partial charge is 0.298 e. The van der Waals surface area contributed by atoms with Gasteiger partial charge in [0.15, 0.2) is 0 Å². The van der Waals surface area contributed by atoms with Gasteiger partial charge in [-0.15, -0.1) is 0 Å². The molecule has 3 aliphatic rings. The molecule has 0 aromatic rings. The smallest absolute Gasteiger partial charge is 0.149 e. The number of fused-ring (bicyclic) bond motifs is 1. The maximum Gasteiger partial charge on any atom is 0.149 e. The fourth-order valence-corrected chi connectivity index (χ4v) is 3.88. The minimum absolute atomic E-state index is 0.315. The minimum Gasteiger partial charge on any atom is -0.298 e. The zero-order chi connectivity index (χ0) is 10.3. The van der Waals surface area contributed by atoms with Gasteiger partial charge in [-0.2, -0.15) is 0 Å². The van der Waals surface area contributed by atoms with Gasteiger partial charge < -0.3 is 0 Å². The molecule has 2 saturated carbocycles. The van der Waals surface area contributed by atoms with Gasteiger partial charge in [-0.3, -0.25) is 9.69 Å². The van der Waals surface area contributed by atoms with Crippen molar-refractivity contribution < 1.29 is 4.79 Å². The van der Waals surface area contributed by atoms with Crippen LogP contribution < -0.4 is 0 Å². The van der Waals surface area contributed by atoms with E-state index >= 15 is 0 Å². The predicted molar refractivity (Wildman–Crippen MR) is 59.7 cm³/mol. The van der Waals surface area contributed by atoms with E-state index in [2.05, 4.69) is 4.90 Å². The Balaban J connectivity index is 1.66. The van der Waals surface area contributed by atoms with Crippen LogP contribution in [0.25, 0.3) is 0 Å². The van der Waals surface area contributed by atoms with Crippen LogP contribution in [0.15, 0.2) is 0 Å². The van der Waals surface area contributed by atoms with E-state index in [1.165, 1.54) is 38.8 Å². The first kappa shape index (κ1) is 9.83. The lowest BCUT2D eigenvalue weighted by atomic mass is 9.82. The highest BCUT2D eigenvalue weighted by Crippen LogP contribution is 2.38. The van der Waals surface area contributed by atoms with E-state index in [-0.39, 0.29) is 0 Å². The molecular formula is C13H21NO. The molecule has 0 bridgehead atoms. The van der Waals surface area contributed by atoms with Crippen LogP contribution in [0.5, 0.6) is 0 Å². The van der Waals surface area contributed by atoms with Crippen molar-refractivity contribution in [3.8, 4) is 0 Å². The van der Waals surface area contributed by atoms with Gasteiger partial charge in [0.25, 0.3) is 0 Å². The lowest BCUT2D eigenvalue weighted by Crippen LogP contribution is -2.36. The fourth-order valence-electron chi connectivity index (χ4n) is 3.88. The maximum atomic E-state index is 11.7. The molecule has 3 fully saturated rings. The lowest BCUT2D eigenvalue weighted by molar-refractivity contribution is -0.121. The molecule has 0 amide bonds. The normalized spacial score (nSPS) is 42.1. The van der Waals surface area contributed by atoms with Crippen molar-refractivity contribution in [2.45, 2.75) is 51.0 Å². The van der Waals surface area contributed by atoms with E-state index in [0.29, 0.717) is 11.8 Å². The van der Waals surface area contributed by atoms with Crippen LogP contribution in [0.2, 0.25) is 0 Å². The van der Waals surface area contributed by atoms with Crippen molar-refractivity contribution in [1.82, 2.24) is 4.90 Å². The second-order valence-corrected chi connectivity index (χ2v) is 5.63. The van der Waals surface area contributed by atoms with Crippen molar-refractivity contribution in [2.24, 2.45) is 11.8 Å². The molecule has 0 radical (unpaired) electrons. The summed E-state index contributed by atoms with van der Waals surface area (Å²) in [5.41, 5.74) is 0. The molecule has 2 heteroatoms. The number of rotatable bonds is 1. The summed E-state index contributed by atoms with van der Waals surface area (Å²) in [6.07, 6.45) is 8.80. The van der Waals surface area contributed by atoms with E-state index in [0.717, 1.165) is 31.1 Å². The zero-order valence-electron chi connectivity index (χ0n) is 9.45. The summed E-state index contributed by atoms with van der Waals surface area (Å²) in [4.78, 5) is 14.2. The highest BCUT2D eigenvalue weighted by Gasteiger charge is 2.40. The Morgan fingerprint density at radius 1 is 0.933 bits per heavy atom. The summed E-state index contributed by atoms with van der Waals surface area (Å²) in [6.45, 7) is 2.45. The monoisotopic (exact) mass is 207 g/mol. The molecule has 3 atom stereocenters. The minimum atomic E-state index is 0.315. The molecule has 0 aromatic carbocycles. The number of ketones is 1. The molecule has 0 spiro atoms. The molecule has 15 heavy (non-hydrogen) atoms. The summed E-state index contributed by atoms with van der Waals surface area (Å²) in [5.74, 6) is 2.37. The molecule has 3 unspecified atom stereocenters. The number of hydrogen-bond donors (Lipinski definition) is 0. The summed E-state index contributed by atoms with van der Waals surface area (Å²) in [7, 11) is 0. The number of Topliss-reactive ketones (excluding diaryl/α,β-unsaturated/α-hetero) is 1. The molecule has 0 N–H and O–H groups in total. The number of likely N-dealkylation sites (tertiary alicyclic amines) is 1. The van der Waals surface area contributed by atoms with Gasteiger partial charge in [0.2, 0.25) is 0 Å². The predicted octanol–water partition coefficient (Wildman–Crippen LogP) is 2.23. The zero-order valence-corrected chi connectivity index (χ0v) is 9.45. The molecule has 2 nitrogen and oxygen atoms in total. The van der Waals surface area contributed by atoms with E-state index in [9.17, 15) is 4.79 Å². The van der Waals surface area contributed by atoms with Gasteiger partial charge in [-0.05, 0) is 37.5 Å². The molecule has 1 saturated heterocycles. The average Bonchev–Trinajstić information content (AvgIpc) is 2.82. The van der Waals surface area contributed by atoms with E-state index in [1.54, 1.807) is 0 Å². The molecule has 1 aliphatic heterocycles. The summed E-state index contributed by atoms with van der Waals surface area (Å²) in [6, 6.07) is 0.315. The molecule has 1 heterocycles. The van der Waals surface area contributed by atoms with Crippen LogP contribution in [0.3, 0.4) is 0 Å². The number of carbonyl (C=O) groups is 1. The number of nitrogens with zero attached hydrogens (tertiary/aromatic N) is 1. The topological polar surface area (TPSA) is 20.3 Å². The highest BCUT2D eigenvalue weighted by atomic mass is 16.1. The van der Waals surface area contributed by atoms with Crippen LogP contribution in [0, 0.1) is 11.8 Å². The van der Waals surface area contributed by atoms with Crippen molar-refractivity contribution in [1.29, 1.82) is 0 Å². The molecular weight excluding hydrogens is 186 g/mol. The van der Waals surface area contributed by atoms with E-state index in [1.807, 2.05) is 0 Å². The van der Waals surface area contributed by atoms with E-state index < -0.39 is 0 Å². The second-order valence-electron chi connectivity index (χ2n) is 5.63. The van der Waals surface area contributed by atoms with Crippen molar-refractivity contribution in [3.63, 3.8) is 0 Å². The summed E-state index contributed by atoms with van der Waals surface area (Å²) < 4.78 is 0. The second kappa shape index (κ2) is 3.89. The Labute approximate surface area is 92.0 Å². The standard InChI is InChI=1S/C13H21NO/c15-13-7-3-6-12(13)14-8-10-4-1-2-5-11(10)9-14/h10-12H,1-9H2. The summed E-state index contributed by atoms with van der Waals surface area (Å²) >= 11 is 0. The van der Waals surface area contributed by atoms with Crippen LogP contribution in [0.4, 0.5) is 0 Å². The van der Waals surface area contributed by atoms with Crippen LogP contribution in [-0.4, -0.2) is 29.8 Å². The van der Waals surface area contributed by atoms with Gasteiger partial charge >= 0.3 is 0 Å².